The van der Waals surface area contributed by atoms with E-state index in [1.165, 1.54) is 0 Å². The van der Waals surface area contributed by atoms with Crippen LogP contribution in [-0.4, -0.2) is 39.3 Å². The number of hydrogen-bond acceptors (Lipinski definition) is 4. The summed E-state index contributed by atoms with van der Waals surface area (Å²) in [6, 6.07) is 8.10. The molecular weight excluding hydrogens is 268 g/mol. The van der Waals surface area contributed by atoms with Gasteiger partial charge in [-0.25, -0.2) is 0 Å². The van der Waals surface area contributed by atoms with E-state index in [0.717, 1.165) is 11.3 Å². The Kier molecular flexibility index (Phi) is 8.47. The molecule has 1 aromatic rings. The fourth-order valence-electron chi connectivity index (χ4n) is 2.02. The van der Waals surface area contributed by atoms with E-state index in [2.05, 4.69) is 17.6 Å². The molecular formula is C16H26N2O3. The molecule has 0 aromatic heterocycles. The minimum Gasteiger partial charge on any atom is -0.494 e. The molecule has 118 valence electrons. The Balaban J connectivity index is 2.36. The Morgan fingerprint density at radius 1 is 1.29 bits per heavy atom. The van der Waals surface area contributed by atoms with Crippen molar-refractivity contribution in [2.45, 2.75) is 26.3 Å². The SMILES string of the molecule is CCOc1ccccc1C(C)NCCC(=O)NCCOC. The van der Waals surface area contributed by atoms with Gasteiger partial charge in [-0.05, 0) is 19.9 Å². The molecule has 0 heterocycles. The van der Waals surface area contributed by atoms with E-state index in [-0.39, 0.29) is 11.9 Å². The second kappa shape index (κ2) is 10.2. The zero-order valence-electron chi connectivity index (χ0n) is 13.1. The first-order valence-corrected chi connectivity index (χ1v) is 7.39. The van der Waals surface area contributed by atoms with Gasteiger partial charge in [-0.15, -0.1) is 0 Å². The summed E-state index contributed by atoms with van der Waals surface area (Å²) in [5.41, 5.74) is 1.11. The Hall–Kier alpha value is -1.59. The van der Waals surface area contributed by atoms with Crippen molar-refractivity contribution in [2.24, 2.45) is 0 Å². The second-order valence-corrected chi connectivity index (χ2v) is 4.74. The topological polar surface area (TPSA) is 59.6 Å². The molecule has 1 unspecified atom stereocenters. The lowest BCUT2D eigenvalue weighted by Gasteiger charge is -2.17. The van der Waals surface area contributed by atoms with Gasteiger partial charge in [0.25, 0.3) is 0 Å². The maximum absolute atomic E-state index is 11.6. The summed E-state index contributed by atoms with van der Waals surface area (Å²) in [7, 11) is 1.62. The smallest absolute Gasteiger partial charge is 0.221 e. The monoisotopic (exact) mass is 294 g/mol. The van der Waals surface area contributed by atoms with Crippen molar-refractivity contribution in [2.75, 3.05) is 33.4 Å². The van der Waals surface area contributed by atoms with Gasteiger partial charge in [-0.2, -0.15) is 0 Å². The normalized spacial score (nSPS) is 12.0. The van der Waals surface area contributed by atoms with Crippen LogP contribution in [0.25, 0.3) is 0 Å². The molecule has 5 heteroatoms. The van der Waals surface area contributed by atoms with Gasteiger partial charge >= 0.3 is 0 Å². The van der Waals surface area contributed by atoms with Crippen molar-refractivity contribution in [1.82, 2.24) is 10.6 Å². The lowest BCUT2D eigenvalue weighted by Crippen LogP contribution is -2.30. The van der Waals surface area contributed by atoms with E-state index in [1.807, 2.05) is 31.2 Å². The van der Waals surface area contributed by atoms with Gasteiger partial charge in [0, 0.05) is 38.2 Å². The van der Waals surface area contributed by atoms with Gasteiger partial charge < -0.3 is 20.1 Å². The lowest BCUT2D eigenvalue weighted by molar-refractivity contribution is -0.121. The molecule has 1 rings (SSSR count). The van der Waals surface area contributed by atoms with Crippen LogP contribution in [-0.2, 0) is 9.53 Å². The Morgan fingerprint density at radius 2 is 2.05 bits per heavy atom. The fourth-order valence-corrected chi connectivity index (χ4v) is 2.02. The van der Waals surface area contributed by atoms with E-state index in [9.17, 15) is 4.79 Å². The van der Waals surface area contributed by atoms with E-state index in [1.54, 1.807) is 7.11 Å². The minimum atomic E-state index is 0.0323. The number of carbonyl (C=O) groups is 1. The molecule has 0 aliphatic carbocycles. The van der Waals surface area contributed by atoms with Crippen molar-refractivity contribution in [3.05, 3.63) is 29.8 Å². The highest BCUT2D eigenvalue weighted by molar-refractivity contribution is 5.76. The van der Waals surface area contributed by atoms with Crippen molar-refractivity contribution in [3.8, 4) is 5.75 Å². The van der Waals surface area contributed by atoms with Crippen LogP contribution >= 0.6 is 0 Å². The molecule has 21 heavy (non-hydrogen) atoms. The zero-order valence-corrected chi connectivity index (χ0v) is 13.1. The largest absolute Gasteiger partial charge is 0.494 e. The summed E-state index contributed by atoms with van der Waals surface area (Å²) in [6.07, 6.45) is 0.449. The second-order valence-electron chi connectivity index (χ2n) is 4.74. The van der Waals surface area contributed by atoms with Crippen molar-refractivity contribution < 1.29 is 14.3 Å². The average Bonchev–Trinajstić information content (AvgIpc) is 2.48. The molecule has 0 fully saturated rings. The summed E-state index contributed by atoms with van der Waals surface area (Å²) in [5, 5.41) is 6.15. The molecule has 5 nitrogen and oxygen atoms in total. The van der Waals surface area contributed by atoms with E-state index < -0.39 is 0 Å². The van der Waals surface area contributed by atoms with Gasteiger partial charge in [-0.3, -0.25) is 4.79 Å². The van der Waals surface area contributed by atoms with E-state index in [0.29, 0.717) is 32.7 Å². The number of carbonyl (C=O) groups excluding carboxylic acids is 1. The predicted octanol–water partition coefficient (Wildman–Crippen LogP) is 1.89. The molecule has 1 atom stereocenters. The van der Waals surface area contributed by atoms with Crippen molar-refractivity contribution >= 4 is 5.91 Å². The molecule has 0 saturated carbocycles. The number of rotatable bonds is 10. The highest BCUT2D eigenvalue weighted by Gasteiger charge is 2.11. The maximum atomic E-state index is 11.6. The summed E-state index contributed by atoms with van der Waals surface area (Å²) in [6.45, 7) is 6.40. The number of ether oxygens (including phenoxy) is 2. The number of hydrogen-bond donors (Lipinski definition) is 2. The van der Waals surface area contributed by atoms with Gasteiger partial charge in [0.2, 0.25) is 5.91 Å². The third-order valence-electron chi connectivity index (χ3n) is 3.12. The average molecular weight is 294 g/mol. The summed E-state index contributed by atoms with van der Waals surface area (Å²) in [4.78, 5) is 11.6. The summed E-state index contributed by atoms with van der Waals surface area (Å²) >= 11 is 0. The number of amides is 1. The number of benzene rings is 1. The van der Waals surface area contributed by atoms with Crippen LogP contribution in [0.1, 0.15) is 31.9 Å². The third kappa shape index (κ3) is 6.60. The molecule has 0 aliphatic rings. The van der Waals surface area contributed by atoms with Crippen LogP contribution in [0, 0.1) is 0 Å². The number of para-hydroxylation sites is 1. The van der Waals surface area contributed by atoms with Gasteiger partial charge in [-0.1, -0.05) is 18.2 Å². The first-order valence-electron chi connectivity index (χ1n) is 7.39. The summed E-state index contributed by atoms with van der Waals surface area (Å²) in [5.74, 6) is 0.925. The van der Waals surface area contributed by atoms with Gasteiger partial charge in [0.15, 0.2) is 0 Å². The van der Waals surface area contributed by atoms with E-state index in [4.69, 9.17) is 9.47 Å². The highest BCUT2D eigenvalue weighted by atomic mass is 16.5. The first kappa shape index (κ1) is 17.5. The van der Waals surface area contributed by atoms with Crippen LogP contribution in [0.4, 0.5) is 0 Å². The quantitative estimate of drug-likeness (QED) is 0.647. The molecule has 1 amide bonds. The van der Waals surface area contributed by atoms with Crippen LogP contribution in [0.15, 0.2) is 24.3 Å². The first-order chi connectivity index (χ1) is 10.2. The van der Waals surface area contributed by atoms with Gasteiger partial charge in [0.1, 0.15) is 5.75 Å². The molecule has 0 bridgehead atoms. The molecule has 0 radical (unpaired) electrons. The maximum Gasteiger partial charge on any atom is 0.221 e. The molecule has 0 spiro atoms. The van der Waals surface area contributed by atoms with Crippen molar-refractivity contribution in [1.29, 1.82) is 0 Å². The third-order valence-corrected chi connectivity index (χ3v) is 3.12. The molecule has 0 aliphatic heterocycles. The predicted molar refractivity (Wildman–Crippen MR) is 83.5 cm³/mol. The standard InChI is InChI=1S/C16H26N2O3/c1-4-21-15-8-6-5-7-14(15)13(2)17-10-9-16(19)18-11-12-20-3/h5-8,13,17H,4,9-12H2,1-3H3,(H,18,19). The minimum absolute atomic E-state index is 0.0323. The van der Waals surface area contributed by atoms with Crippen molar-refractivity contribution in [3.63, 3.8) is 0 Å². The number of nitrogens with one attached hydrogen (secondary N) is 2. The molecule has 2 N–H and O–H groups in total. The van der Waals surface area contributed by atoms with Gasteiger partial charge in [0.05, 0.1) is 13.2 Å². The van der Waals surface area contributed by atoms with Crippen LogP contribution < -0.4 is 15.4 Å². The highest BCUT2D eigenvalue weighted by Crippen LogP contribution is 2.24. The molecule has 1 aromatic carbocycles. The van der Waals surface area contributed by atoms with Crippen LogP contribution in [0.2, 0.25) is 0 Å². The Bertz CT molecular complexity index is 424. The van der Waals surface area contributed by atoms with Crippen LogP contribution in [0.3, 0.4) is 0 Å². The van der Waals surface area contributed by atoms with Crippen LogP contribution in [0.5, 0.6) is 5.75 Å². The summed E-state index contributed by atoms with van der Waals surface area (Å²) < 4.78 is 10.5. The zero-order chi connectivity index (χ0) is 15.5. The van der Waals surface area contributed by atoms with E-state index >= 15 is 0 Å². The molecule has 0 saturated heterocycles. The Morgan fingerprint density at radius 3 is 2.76 bits per heavy atom. The fraction of sp³-hybridized carbons (Fsp3) is 0.562. The lowest BCUT2D eigenvalue weighted by atomic mass is 10.1. The number of methoxy groups -OCH3 is 1. The Labute approximate surface area is 127 Å².